The van der Waals surface area contributed by atoms with Gasteiger partial charge in [0.15, 0.2) is 5.11 Å². The smallest absolute Gasteiger partial charge is 0.226 e. The van der Waals surface area contributed by atoms with Gasteiger partial charge in [0.25, 0.3) is 0 Å². The second kappa shape index (κ2) is 8.89. The minimum Gasteiger partial charge on any atom is -0.362 e. The molecule has 2 aromatic heterocycles. The van der Waals surface area contributed by atoms with Crippen molar-refractivity contribution in [3.63, 3.8) is 0 Å². The number of pyridine rings is 1. The Morgan fingerprint density at radius 2 is 2.00 bits per heavy atom. The lowest BCUT2D eigenvalue weighted by atomic mass is 9.96. The first-order valence-corrected chi connectivity index (χ1v) is 10.8. The summed E-state index contributed by atoms with van der Waals surface area (Å²) < 4.78 is 0. The van der Waals surface area contributed by atoms with Crippen molar-refractivity contribution < 1.29 is 4.79 Å². The fraction of sp³-hybridized carbons (Fsp3) is 0.292. The Morgan fingerprint density at radius 1 is 1.16 bits per heavy atom. The fourth-order valence-corrected chi connectivity index (χ4v) is 4.54. The van der Waals surface area contributed by atoms with E-state index in [1.807, 2.05) is 56.3 Å². The number of thiocarbonyl (C=S) groups is 1. The average Bonchev–Trinajstić information content (AvgIpc) is 3.24. The van der Waals surface area contributed by atoms with Crippen molar-refractivity contribution in [3.05, 3.63) is 82.9 Å². The van der Waals surface area contributed by atoms with E-state index in [0.717, 1.165) is 28.3 Å². The van der Waals surface area contributed by atoms with Gasteiger partial charge in [0.1, 0.15) is 0 Å². The summed E-state index contributed by atoms with van der Waals surface area (Å²) in [6.45, 7) is 6.64. The highest BCUT2D eigenvalue weighted by atomic mass is 32.1. The van der Waals surface area contributed by atoms with Gasteiger partial charge in [0.2, 0.25) is 5.91 Å². The molecule has 4 rings (SSSR count). The molecule has 1 saturated heterocycles. The molecule has 6 nitrogen and oxygen atoms in total. The number of carbonyl (C=O) groups is 1. The Balaban J connectivity index is 1.55. The van der Waals surface area contributed by atoms with Crippen LogP contribution >= 0.6 is 12.2 Å². The summed E-state index contributed by atoms with van der Waals surface area (Å²) in [4.78, 5) is 22.7. The lowest BCUT2D eigenvalue weighted by Crippen LogP contribution is -2.32. The van der Waals surface area contributed by atoms with E-state index in [9.17, 15) is 4.79 Å². The van der Waals surface area contributed by atoms with E-state index in [4.69, 9.17) is 12.2 Å². The van der Waals surface area contributed by atoms with Crippen LogP contribution in [0.15, 0.2) is 54.7 Å². The van der Waals surface area contributed by atoms with Gasteiger partial charge in [-0.2, -0.15) is 0 Å². The van der Waals surface area contributed by atoms with E-state index < -0.39 is 0 Å². The average molecular weight is 434 g/mol. The van der Waals surface area contributed by atoms with Gasteiger partial charge in [-0.25, -0.2) is 0 Å². The Bertz CT molecular complexity index is 1090. The summed E-state index contributed by atoms with van der Waals surface area (Å²) in [5, 5.41) is 7.06. The van der Waals surface area contributed by atoms with E-state index in [2.05, 4.69) is 38.5 Å². The maximum Gasteiger partial charge on any atom is 0.226 e. The van der Waals surface area contributed by atoms with Crippen LogP contribution in [0.4, 0.5) is 5.69 Å². The van der Waals surface area contributed by atoms with Crippen molar-refractivity contribution in [1.82, 2.24) is 20.2 Å². The second-order valence-corrected chi connectivity index (χ2v) is 8.41. The Kier molecular flexibility index (Phi) is 6.04. The van der Waals surface area contributed by atoms with Gasteiger partial charge >= 0.3 is 0 Å². The van der Waals surface area contributed by atoms with Crippen LogP contribution in [0.2, 0.25) is 0 Å². The molecular formula is C24H27N5OS. The summed E-state index contributed by atoms with van der Waals surface area (Å²) >= 11 is 5.69. The van der Waals surface area contributed by atoms with Crippen LogP contribution in [0.1, 0.15) is 46.7 Å². The molecule has 1 fully saturated rings. The molecule has 0 saturated carbocycles. The number of carbonyl (C=O) groups excluding carboxylic acids is 1. The number of H-pyrrole nitrogens is 1. The fourth-order valence-electron chi connectivity index (χ4n) is 4.21. The molecule has 1 aromatic carbocycles. The lowest BCUT2D eigenvalue weighted by Gasteiger charge is -2.27. The van der Waals surface area contributed by atoms with Crippen LogP contribution in [0.3, 0.4) is 0 Å². The number of aromatic amines is 1. The van der Waals surface area contributed by atoms with E-state index in [1.165, 1.54) is 5.56 Å². The van der Waals surface area contributed by atoms with Gasteiger partial charge in [-0.15, -0.1) is 0 Å². The number of benzene rings is 1. The summed E-state index contributed by atoms with van der Waals surface area (Å²) in [5.74, 6) is -0.0320. The van der Waals surface area contributed by atoms with Crippen LogP contribution in [0.5, 0.6) is 0 Å². The van der Waals surface area contributed by atoms with Crippen molar-refractivity contribution in [2.75, 3.05) is 11.9 Å². The SMILES string of the molecule is Cc1cccc(NC(=O)CCN2C(=S)N[C@@H](c3ccccn3)[C@H]2c2cc(C)[nH]c2C)c1. The van der Waals surface area contributed by atoms with Gasteiger partial charge in [-0.3, -0.25) is 9.78 Å². The number of nitrogens with one attached hydrogen (secondary N) is 3. The lowest BCUT2D eigenvalue weighted by molar-refractivity contribution is -0.116. The third-order valence-electron chi connectivity index (χ3n) is 5.59. The molecule has 1 aliphatic rings. The molecule has 160 valence electrons. The third-order valence-corrected chi connectivity index (χ3v) is 5.94. The van der Waals surface area contributed by atoms with E-state index in [-0.39, 0.29) is 18.0 Å². The van der Waals surface area contributed by atoms with Crippen LogP contribution < -0.4 is 10.6 Å². The highest BCUT2D eigenvalue weighted by Crippen LogP contribution is 2.40. The normalized spacial score (nSPS) is 18.2. The number of hydrogen-bond acceptors (Lipinski definition) is 3. The van der Waals surface area contributed by atoms with E-state index >= 15 is 0 Å². The number of nitrogens with zero attached hydrogens (tertiary/aromatic N) is 2. The minimum atomic E-state index is -0.0811. The zero-order valence-corrected chi connectivity index (χ0v) is 18.8. The number of hydrogen-bond donors (Lipinski definition) is 3. The maximum atomic E-state index is 12.6. The molecule has 0 radical (unpaired) electrons. The van der Waals surface area contributed by atoms with Crippen molar-refractivity contribution >= 4 is 28.9 Å². The Morgan fingerprint density at radius 3 is 2.68 bits per heavy atom. The standard InChI is InChI=1S/C24H27N5OS/c1-15-7-6-8-18(13-15)27-21(30)10-12-29-23(19-14-16(2)26-17(19)3)22(28-24(29)31)20-9-4-5-11-25-20/h4-9,11,13-14,22-23,26H,10,12H2,1-3H3,(H,27,30)(H,28,31)/t22-,23+/m0/s1. The molecule has 1 amide bonds. The third kappa shape index (κ3) is 4.61. The van der Waals surface area contributed by atoms with Crippen molar-refractivity contribution in [3.8, 4) is 0 Å². The predicted molar refractivity (Wildman–Crippen MR) is 127 cm³/mol. The summed E-state index contributed by atoms with van der Waals surface area (Å²) in [5.41, 5.74) is 6.22. The first kappa shape index (κ1) is 21.1. The van der Waals surface area contributed by atoms with Gasteiger partial charge < -0.3 is 20.5 Å². The van der Waals surface area contributed by atoms with Crippen LogP contribution in [-0.2, 0) is 4.79 Å². The second-order valence-electron chi connectivity index (χ2n) is 8.02. The maximum absolute atomic E-state index is 12.6. The Labute approximate surface area is 188 Å². The van der Waals surface area contributed by atoms with E-state index in [1.54, 1.807) is 6.20 Å². The molecular weight excluding hydrogens is 406 g/mol. The number of amides is 1. The number of rotatable bonds is 6. The topological polar surface area (TPSA) is 73.1 Å². The quantitative estimate of drug-likeness (QED) is 0.505. The summed E-state index contributed by atoms with van der Waals surface area (Å²) in [6, 6.07) is 15.7. The molecule has 0 spiro atoms. The molecule has 3 heterocycles. The zero-order valence-electron chi connectivity index (χ0n) is 18.0. The predicted octanol–water partition coefficient (Wildman–Crippen LogP) is 4.34. The first-order valence-electron chi connectivity index (χ1n) is 10.4. The van der Waals surface area contributed by atoms with Gasteiger partial charge in [-0.05, 0) is 74.4 Å². The number of aromatic nitrogens is 2. The van der Waals surface area contributed by atoms with E-state index in [0.29, 0.717) is 18.1 Å². The van der Waals surface area contributed by atoms with Crippen LogP contribution in [0.25, 0.3) is 0 Å². The van der Waals surface area contributed by atoms with Crippen molar-refractivity contribution in [1.29, 1.82) is 0 Å². The van der Waals surface area contributed by atoms with Crippen molar-refractivity contribution in [2.45, 2.75) is 39.3 Å². The minimum absolute atomic E-state index is 0.0320. The molecule has 31 heavy (non-hydrogen) atoms. The number of anilines is 1. The summed E-state index contributed by atoms with van der Waals surface area (Å²) in [7, 11) is 0. The highest BCUT2D eigenvalue weighted by molar-refractivity contribution is 7.80. The zero-order chi connectivity index (χ0) is 22.0. The monoisotopic (exact) mass is 433 g/mol. The van der Waals surface area contributed by atoms with Gasteiger partial charge in [0, 0.05) is 36.2 Å². The number of aryl methyl sites for hydroxylation is 3. The first-order chi connectivity index (χ1) is 14.9. The Hall–Kier alpha value is -3.19. The molecule has 0 unspecified atom stereocenters. The molecule has 2 atom stereocenters. The largest absolute Gasteiger partial charge is 0.362 e. The molecule has 0 bridgehead atoms. The highest BCUT2D eigenvalue weighted by Gasteiger charge is 2.40. The molecule has 7 heteroatoms. The van der Waals surface area contributed by atoms with Gasteiger partial charge in [-0.1, -0.05) is 18.2 Å². The molecule has 3 aromatic rings. The van der Waals surface area contributed by atoms with Crippen molar-refractivity contribution in [2.24, 2.45) is 0 Å². The molecule has 3 N–H and O–H groups in total. The summed E-state index contributed by atoms with van der Waals surface area (Å²) in [6.07, 6.45) is 2.13. The molecule has 1 aliphatic heterocycles. The van der Waals surface area contributed by atoms with Crippen LogP contribution in [-0.4, -0.2) is 32.4 Å². The van der Waals surface area contributed by atoms with Crippen LogP contribution in [0, 0.1) is 20.8 Å². The molecule has 0 aliphatic carbocycles. The van der Waals surface area contributed by atoms with Gasteiger partial charge in [0.05, 0.1) is 17.8 Å².